The van der Waals surface area contributed by atoms with Crippen LogP contribution in [0.15, 0.2) is 83.8 Å². The van der Waals surface area contributed by atoms with Crippen molar-refractivity contribution in [2.45, 2.75) is 49.1 Å². The van der Waals surface area contributed by atoms with E-state index in [0.717, 1.165) is 21.0 Å². The van der Waals surface area contributed by atoms with Crippen molar-refractivity contribution in [1.82, 2.24) is 4.31 Å². The Morgan fingerprint density at radius 3 is 2.03 bits per heavy atom. The zero-order chi connectivity index (χ0) is 27.7. The number of ether oxygens (including phenoxy) is 2. The first kappa shape index (κ1) is 27.8. The van der Waals surface area contributed by atoms with Crippen LogP contribution >= 0.6 is 11.6 Å². The minimum atomic E-state index is -4.34. The predicted octanol–water partition coefficient (Wildman–Crippen LogP) is 5.44. The third-order valence-corrected chi connectivity index (χ3v) is 8.59. The molecule has 0 amide bonds. The van der Waals surface area contributed by atoms with Crippen molar-refractivity contribution in [2.75, 3.05) is 13.7 Å². The topological polar surface area (TPSA) is 90.0 Å². The van der Waals surface area contributed by atoms with Gasteiger partial charge in [-0.2, -0.15) is 4.31 Å². The van der Waals surface area contributed by atoms with Gasteiger partial charge in [0.15, 0.2) is 0 Å². The van der Waals surface area contributed by atoms with E-state index in [9.17, 15) is 18.0 Å². The molecular formula is C29H30ClNO6S. The average molecular weight is 556 g/mol. The molecule has 0 aromatic heterocycles. The van der Waals surface area contributed by atoms with Crippen LogP contribution in [0.4, 0.5) is 0 Å². The number of rotatable bonds is 8. The van der Waals surface area contributed by atoms with Gasteiger partial charge in [-0.15, -0.1) is 0 Å². The van der Waals surface area contributed by atoms with Gasteiger partial charge in [0.05, 0.1) is 12.0 Å². The summed E-state index contributed by atoms with van der Waals surface area (Å²) in [6, 6.07) is 22.6. The van der Waals surface area contributed by atoms with Gasteiger partial charge in [0.2, 0.25) is 10.0 Å². The van der Waals surface area contributed by atoms with E-state index in [0.29, 0.717) is 5.02 Å². The normalized spacial score (nSPS) is 19.2. The Bertz CT molecular complexity index is 1420. The van der Waals surface area contributed by atoms with Gasteiger partial charge in [-0.25, -0.2) is 13.2 Å². The van der Waals surface area contributed by atoms with Crippen LogP contribution in [0.5, 0.6) is 0 Å². The van der Waals surface area contributed by atoms with Crippen LogP contribution in [-0.4, -0.2) is 49.5 Å². The Kier molecular flexibility index (Phi) is 7.70. The molecule has 0 radical (unpaired) electrons. The van der Waals surface area contributed by atoms with Gasteiger partial charge in [0.1, 0.15) is 17.7 Å². The maximum Gasteiger partial charge on any atom is 0.328 e. The maximum atomic E-state index is 14.1. The summed E-state index contributed by atoms with van der Waals surface area (Å²) in [5.74, 6) is -1.97. The summed E-state index contributed by atoms with van der Waals surface area (Å²) >= 11 is 5.98. The number of hydrogen-bond donors (Lipinski definition) is 0. The van der Waals surface area contributed by atoms with Crippen LogP contribution in [0.1, 0.15) is 38.7 Å². The van der Waals surface area contributed by atoms with Crippen LogP contribution in [-0.2, 0) is 29.1 Å². The van der Waals surface area contributed by atoms with Crippen LogP contribution < -0.4 is 0 Å². The molecule has 0 saturated heterocycles. The van der Waals surface area contributed by atoms with E-state index in [4.69, 9.17) is 21.1 Å². The molecular weight excluding hydrogens is 526 g/mol. The molecule has 3 aromatic rings. The van der Waals surface area contributed by atoms with Gasteiger partial charge in [-0.1, -0.05) is 66.2 Å². The summed E-state index contributed by atoms with van der Waals surface area (Å²) in [7, 11) is -3.13. The molecule has 38 heavy (non-hydrogen) atoms. The molecule has 200 valence electrons. The van der Waals surface area contributed by atoms with E-state index in [1.54, 1.807) is 45.0 Å². The highest BCUT2D eigenvalue weighted by Crippen LogP contribution is 2.57. The number of nitrogens with zero attached hydrogens (tertiary/aromatic N) is 1. The highest BCUT2D eigenvalue weighted by atomic mass is 35.5. The summed E-state index contributed by atoms with van der Waals surface area (Å²) in [6.45, 7) is 4.44. The van der Waals surface area contributed by atoms with E-state index in [1.165, 1.54) is 19.2 Å². The molecule has 7 nitrogen and oxygen atoms in total. The first-order chi connectivity index (χ1) is 17.9. The Morgan fingerprint density at radius 2 is 1.50 bits per heavy atom. The highest BCUT2D eigenvalue weighted by molar-refractivity contribution is 7.89. The van der Waals surface area contributed by atoms with E-state index >= 15 is 0 Å². The SMILES string of the molecule is COC(=O)C1(N(CC(=O)OC(C)(C)C)S(=O)(=O)c2ccc(-c3ccc(Cl)cc3)cc2)CC1c1ccccc1. The first-order valence-corrected chi connectivity index (χ1v) is 13.9. The lowest BCUT2D eigenvalue weighted by molar-refractivity contribution is -0.157. The number of carbonyl (C=O) groups excluding carboxylic acids is 2. The number of sulfonamides is 1. The Labute approximate surface area is 228 Å². The van der Waals surface area contributed by atoms with Crippen LogP contribution in [0.25, 0.3) is 11.1 Å². The van der Waals surface area contributed by atoms with E-state index in [2.05, 4.69) is 0 Å². The fourth-order valence-electron chi connectivity index (χ4n) is 4.63. The zero-order valence-corrected chi connectivity index (χ0v) is 23.3. The smallest absolute Gasteiger partial charge is 0.328 e. The second-order valence-electron chi connectivity index (χ2n) is 10.2. The van der Waals surface area contributed by atoms with Crippen molar-refractivity contribution in [1.29, 1.82) is 0 Å². The first-order valence-electron chi connectivity index (χ1n) is 12.1. The molecule has 1 aliphatic carbocycles. The number of hydrogen-bond acceptors (Lipinski definition) is 6. The minimum Gasteiger partial charge on any atom is -0.468 e. The highest BCUT2D eigenvalue weighted by Gasteiger charge is 2.69. The van der Waals surface area contributed by atoms with Crippen LogP contribution in [0.3, 0.4) is 0 Å². The Morgan fingerprint density at radius 1 is 0.947 bits per heavy atom. The molecule has 1 saturated carbocycles. The van der Waals surface area contributed by atoms with Crippen molar-refractivity contribution in [3.63, 3.8) is 0 Å². The van der Waals surface area contributed by atoms with Crippen LogP contribution in [0.2, 0.25) is 5.02 Å². The molecule has 0 heterocycles. The fraction of sp³-hybridized carbons (Fsp3) is 0.310. The standard InChI is InChI=1S/C29H30ClNO6S/c1-28(2,3)37-26(32)19-31(29(27(33)36-4)18-25(29)22-8-6-5-7-9-22)38(34,35)24-16-12-21(13-17-24)20-10-14-23(30)15-11-20/h5-17,25H,18-19H2,1-4H3. The summed E-state index contributed by atoms with van der Waals surface area (Å²) in [5.41, 5.74) is 0.00566. The Hall–Kier alpha value is -3.20. The van der Waals surface area contributed by atoms with Gasteiger partial charge in [-0.05, 0) is 68.1 Å². The second kappa shape index (κ2) is 10.5. The molecule has 9 heteroatoms. The minimum absolute atomic E-state index is 0.0549. The summed E-state index contributed by atoms with van der Waals surface area (Å²) < 4.78 is 39.7. The molecule has 2 atom stereocenters. The molecule has 1 fully saturated rings. The van der Waals surface area contributed by atoms with Crippen molar-refractivity contribution >= 4 is 33.6 Å². The number of benzene rings is 3. The number of methoxy groups -OCH3 is 1. The van der Waals surface area contributed by atoms with Crippen molar-refractivity contribution < 1.29 is 27.5 Å². The lowest BCUT2D eigenvalue weighted by Crippen LogP contribution is -2.51. The Balaban J connectivity index is 1.76. The monoisotopic (exact) mass is 555 g/mol. The zero-order valence-electron chi connectivity index (χ0n) is 21.7. The molecule has 0 spiro atoms. The third kappa shape index (κ3) is 5.62. The van der Waals surface area contributed by atoms with Gasteiger partial charge in [0, 0.05) is 10.9 Å². The molecule has 1 aliphatic rings. The largest absolute Gasteiger partial charge is 0.468 e. The van der Waals surface area contributed by atoms with E-state index in [1.807, 2.05) is 42.5 Å². The third-order valence-electron chi connectivity index (χ3n) is 6.43. The number of esters is 2. The number of halogens is 1. The molecule has 4 rings (SSSR count). The van der Waals surface area contributed by atoms with Crippen molar-refractivity contribution in [3.8, 4) is 11.1 Å². The summed E-state index contributed by atoms with van der Waals surface area (Å²) in [5, 5.41) is 0.594. The molecule has 0 bridgehead atoms. The molecule has 0 N–H and O–H groups in total. The van der Waals surface area contributed by atoms with Crippen molar-refractivity contribution in [3.05, 3.63) is 89.4 Å². The molecule has 0 aliphatic heterocycles. The summed E-state index contributed by atoms with van der Waals surface area (Å²) in [4.78, 5) is 26.1. The lowest BCUT2D eigenvalue weighted by atomic mass is 10.1. The van der Waals surface area contributed by atoms with E-state index < -0.39 is 45.6 Å². The van der Waals surface area contributed by atoms with E-state index in [-0.39, 0.29) is 11.3 Å². The van der Waals surface area contributed by atoms with Gasteiger partial charge < -0.3 is 9.47 Å². The summed E-state index contributed by atoms with van der Waals surface area (Å²) in [6.07, 6.45) is 0.175. The van der Waals surface area contributed by atoms with Gasteiger partial charge in [-0.3, -0.25) is 4.79 Å². The lowest BCUT2D eigenvalue weighted by Gasteiger charge is -2.31. The quantitative estimate of drug-likeness (QED) is 0.344. The maximum absolute atomic E-state index is 14.1. The average Bonchev–Trinajstić information content (AvgIpc) is 3.63. The van der Waals surface area contributed by atoms with Crippen molar-refractivity contribution in [2.24, 2.45) is 0 Å². The molecule has 3 aromatic carbocycles. The van der Waals surface area contributed by atoms with Crippen LogP contribution in [0, 0.1) is 0 Å². The fourth-order valence-corrected chi connectivity index (χ4v) is 6.47. The molecule has 2 unspecified atom stereocenters. The second-order valence-corrected chi connectivity index (χ2v) is 12.5. The van der Waals surface area contributed by atoms with Gasteiger partial charge >= 0.3 is 11.9 Å². The number of carbonyl (C=O) groups is 2. The van der Waals surface area contributed by atoms with Gasteiger partial charge in [0.25, 0.3) is 0 Å². The predicted molar refractivity (Wildman–Crippen MR) is 145 cm³/mol.